The van der Waals surface area contributed by atoms with Gasteiger partial charge in [-0.3, -0.25) is 4.79 Å². The molecule has 1 aromatic carbocycles. The summed E-state index contributed by atoms with van der Waals surface area (Å²) >= 11 is 0. The van der Waals surface area contributed by atoms with Gasteiger partial charge in [-0.05, 0) is 25.0 Å². The fourth-order valence-electron chi connectivity index (χ4n) is 1.32. The highest BCUT2D eigenvalue weighted by Gasteiger charge is 2.33. The van der Waals surface area contributed by atoms with E-state index in [0.29, 0.717) is 6.29 Å². The Morgan fingerprint density at radius 3 is 2.41 bits per heavy atom. The minimum absolute atomic E-state index is 0.00478. The van der Waals surface area contributed by atoms with Crippen LogP contribution in [0.15, 0.2) is 18.2 Å². The van der Waals surface area contributed by atoms with Crippen LogP contribution in [0.4, 0.5) is 13.2 Å². The summed E-state index contributed by atoms with van der Waals surface area (Å²) in [6, 6.07) is 3.88. The maximum absolute atomic E-state index is 12.1. The smallest absolute Gasteiger partial charge is 0.490 e. The van der Waals surface area contributed by atoms with E-state index in [1.807, 2.05) is 0 Å². The standard InChI is InChI=1S/C11H9F3O3/c12-11(13,14)17-10-3-1-2-9(8(10)6-15)16-7-4-5-7/h1-3,6-7H,4-5H2. The van der Waals surface area contributed by atoms with Crippen LogP contribution in [-0.4, -0.2) is 18.8 Å². The highest BCUT2D eigenvalue weighted by atomic mass is 19.4. The van der Waals surface area contributed by atoms with Gasteiger partial charge >= 0.3 is 6.36 Å². The molecule has 92 valence electrons. The summed E-state index contributed by atoms with van der Waals surface area (Å²) in [4.78, 5) is 10.8. The number of alkyl halides is 3. The highest BCUT2D eigenvalue weighted by Crippen LogP contribution is 2.34. The van der Waals surface area contributed by atoms with Gasteiger partial charge in [0.2, 0.25) is 0 Å². The van der Waals surface area contributed by atoms with Gasteiger partial charge in [-0.1, -0.05) is 6.07 Å². The molecule has 17 heavy (non-hydrogen) atoms. The van der Waals surface area contributed by atoms with Gasteiger partial charge in [-0.2, -0.15) is 0 Å². The molecule has 0 amide bonds. The van der Waals surface area contributed by atoms with E-state index in [0.717, 1.165) is 18.9 Å². The Kier molecular flexibility index (Phi) is 2.95. The number of aldehydes is 1. The highest BCUT2D eigenvalue weighted by molar-refractivity contribution is 5.83. The largest absolute Gasteiger partial charge is 0.573 e. The van der Waals surface area contributed by atoms with Gasteiger partial charge in [0.05, 0.1) is 11.7 Å². The first kappa shape index (κ1) is 11.8. The molecule has 1 aliphatic carbocycles. The van der Waals surface area contributed by atoms with E-state index in [1.54, 1.807) is 0 Å². The molecule has 1 fully saturated rings. The fourth-order valence-corrected chi connectivity index (χ4v) is 1.32. The maximum atomic E-state index is 12.1. The Morgan fingerprint density at radius 2 is 1.88 bits per heavy atom. The van der Waals surface area contributed by atoms with Crippen LogP contribution < -0.4 is 9.47 Å². The molecule has 0 N–H and O–H groups in total. The molecular weight excluding hydrogens is 237 g/mol. The number of ether oxygens (including phenoxy) is 2. The van der Waals surface area contributed by atoms with E-state index < -0.39 is 12.1 Å². The van der Waals surface area contributed by atoms with Gasteiger partial charge in [0.1, 0.15) is 11.5 Å². The molecule has 1 aliphatic rings. The number of hydrogen-bond acceptors (Lipinski definition) is 3. The molecule has 1 saturated carbocycles. The monoisotopic (exact) mass is 246 g/mol. The first-order chi connectivity index (χ1) is 7.99. The van der Waals surface area contributed by atoms with Crippen molar-refractivity contribution in [2.24, 2.45) is 0 Å². The second-order valence-corrected chi connectivity index (χ2v) is 3.65. The summed E-state index contributed by atoms with van der Waals surface area (Å²) in [7, 11) is 0. The van der Waals surface area contributed by atoms with Crippen molar-refractivity contribution in [2.75, 3.05) is 0 Å². The van der Waals surface area contributed by atoms with E-state index in [1.165, 1.54) is 12.1 Å². The number of carbonyl (C=O) groups excluding carboxylic acids is 1. The normalized spacial score (nSPS) is 15.5. The zero-order chi connectivity index (χ0) is 12.5. The van der Waals surface area contributed by atoms with Gasteiger partial charge < -0.3 is 9.47 Å². The van der Waals surface area contributed by atoms with Crippen molar-refractivity contribution >= 4 is 6.29 Å². The molecule has 0 radical (unpaired) electrons. The van der Waals surface area contributed by atoms with Crippen LogP contribution in [0.2, 0.25) is 0 Å². The first-order valence-electron chi connectivity index (χ1n) is 5.00. The van der Waals surface area contributed by atoms with Crippen LogP contribution in [0, 0.1) is 0 Å². The van der Waals surface area contributed by atoms with E-state index in [9.17, 15) is 18.0 Å². The van der Waals surface area contributed by atoms with Crippen LogP contribution in [-0.2, 0) is 0 Å². The molecule has 3 nitrogen and oxygen atoms in total. The quantitative estimate of drug-likeness (QED) is 0.766. The third kappa shape index (κ3) is 3.12. The van der Waals surface area contributed by atoms with E-state index in [-0.39, 0.29) is 17.4 Å². The van der Waals surface area contributed by atoms with Crippen molar-refractivity contribution in [3.8, 4) is 11.5 Å². The van der Waals surface area contributed by atoms with Crippen molar-refractivity contribution in [3.05, 3.63) is 23.8 Å². The van der Waals surface area contributed by atoms with E-state index in [4.69, 9.17) is 4.74 Å². The van der Waals surface area contributed by atoms with Crippen molar-refractivity contribution in [1.29, 1.82) is 0 Å². The molecule has 0 aliphatic heterocycles. The molecule has 1 aromatic rings. The molecule has 2 rings (SSSR count). The zero-order valence-electron chi connectivity index (χ0n) is 8.66. The number of benzene rings is 1. The lowest BCUT2D eigenvalue weighted by Gasteiger charge is -2.13. The van der Waals surface area contributed by atoms with Crippen LogP contribution in [0.1, 0.15) is 23.2 Å². The van der Waals surface area contributed by atoms with Crippen molar-refractivity contribution in [1.82, 2.24) is 0 Å². The summed E-state index contributed by atoms with van der Waals surface area (Å²) in [5, 5.41) is 0. The van der Waals surface area contributed by atoms with Crippen LogP contribution in [0.3, 0.4) is 0 Å². The van der Waals surface area contributed by atoms with Crippen LogP contribution >= 0.6 is 0 Å². The van der Waals surface area contributed by atoms with Gasteiger partial charge in [0.15, 0.2) is 6.29 Å². The Bertz CT molecular complexity index is 424. The van der Waals surface area contributed by atoms with Crippen molar-refractivity contribution in [2.45, 2.75) is 25.3 Å². The third-order valence-corrected chi connectivity index (χ3v) is 2.19. The fraction of sp³-hybridized carbons (Fsp3) is 0.364. The Hall–Kier alpha value is -1.72. The molecule has 0 bridgehead atoms. The maximum Gasteiger partial charge on any atom is 0.573 e. The van der Waals surface area contributed by atoms with Crippen LogP contribution in [0.25, 0.3) is 0 Å². The first-order valence-corrected chi connectivity index (χ1v) is 5.00. The third-order valence-electron chi connectivity index (χ3n) is 2.19. The summed E-state index contributed by atoms with van der Waals surface area (Å²) in [5.74, 6) is -0.407. The summed E-state index contributed by atoms with van der Waals surface area (Å²) in [5.41, 5.74) is -0.211. The van der Waals surface area contributed by atoms with Crippen LogP contribution in [0.5, 0.6) is 11.5 Å². The predicted molar refractivity (Wildman–Crippen MR) is 52.2 cm³/mol. The SMILES string of the molecule is O=Cc1c(OC2CC2)cccc1OC(F)(F)F. The zero-order valence-corrected chi connectivity index (χ0v) is 8.66. The molecule has 6 heteroatoms. The van der Waals surface area contributed by atoms with Gasteiger partial charge in [0, 0.05) is 0 Å². The lowest BCUT2D eigenvalue weighted by Crippen LogP contribution is -2.18. The topological polar surface area (TPSA) is 35.5 Å². The Morgan fingerprint density at radius 1 is 1.24 bits per heavy atom. The van der Waals surface area contributed by atoms with Gasteiger partial charge in [-0.25, -0.2) is 0 Å². The molecule has 0 atom stereocenters. The molecule has 0 heterocycles. The minimum atomic E-state index is -4.82. The van der Waals surface area contributed by atoms with Crippen molar-refractivity contribution in [3.63, 3.8) is 0 Å². The lowest BCUT2D eigenvalue weighted by atomic mass is 10.2. The molecule has 0 saturated heterocycles. The lowest BCUT2D eigenvalue weighted by molar-refractivity contribution is -0.274. The van der Waals surface area contributed by atoms with E-state index in [2.05, 4.69) is 4.74 Å². The summed E-state index contributed by atoms with van der Waals surface area (Å²) < 4.78 is 45.3. The molecule has 0 unspecified atom stereocenters. The van der Waals surface area contributed by atoms with E-state index >= 15 is 0 Å². The summed E-state index contributed by atoms with van der Waals surface area (Å²) in [6.07, 6.45) is -2.82. The average molecular weight is 246 g/mol. The molecular formula is C11H9F3O3. The predicted octanol–water partition coefficient (Wildman–Crippen LogP) is 2.94. The minimum Gasteiger partial charge on any atom is -0.490 e. The second-order valence-electron chi connectivity index (χ2n) is 3.65. The molecule has 0 aromatic heterocycles. The Labute approximate surface area is 95.1 Å². The summed E-state index contributed by atoms with van der Waals surface area (Å²) in [6.45, 7) is 0. The number of rotatable bonds is 4. The van der Waals surface area contributed by atoms with Gasteiger partial charge in [0.25, 0.3) is 0 Å². The van der Waals surface area contributed by atoms with Gasteiger partial charge in [-0.15, -0.1) is 13.2 Å². The number of halogens is 3. The Balaban J connectivity index is 2.27. The second kappa shape index (κ2) is 4.27. The average Bonchev–Trinajstić information content (AvgIpc) is 2.99. The van der Waals surface area contributed by atoms with Crippen molar-refractivity contribution < 1.29 is 27.4 Å². The molecule has 0 spiro atoms. The number of carbonyl (C=O) groups is 1. The number of hydrogen-bond donors (Lipinski definition) is 0.